The van der Waals surface area contributed by atoms with E-state index in [1.807, 2.05) is 18.2 Å². The summed E-state index contributed by atoms with van der Waals surface area (Å²) in [6.07, 6.45) is 3.63. The lowest BCUT2D eigenvalue weighted by Crippen LogP contribution is -2.26. The summed E-state index contributed by atoms with van der Waals surface area (Å²) in [6.45, 7) is 1.88. The molecule has 2 aromatic carbocycles. The van der Waals surface area contributed by atoms with Crippen molar-refractivity contribution in [2.24, 2.45) is 0 Å². The van der Waals surface area contributed by atoms with Gasteiger partial charge in [0.25, 0.3) is 0 Å². The van der Waals surface area contributed by atoms with Crippen molar-refractivity contribution in [1.82, 2.24) is 4.90 Å². The van der Waals surface area contributed by atoms with Crippen LogP contribution in [0, 0.1) is 5.82 Å². The molecular formula is C26H28BrF2NO3. The first-order chi connectivity index (χ1) is 16.0. The van der Waals surface area contributed by atoms with Crippen molar-refractivity contribution in [2.45, 2.75) is 38.2 Å². The summed E-state index contributed by atoms with van der Waals surface area (Å²) in [5, 5.41) is 0. The van der Waals surface area contributed by atoms with Gasteiger partial charge in [0.15, 0.2) is 11.6 Å². The second kappa shape index (κ2) is 10.8. The number of hydrogen-bond donors (Lipinski definition) is 0. The summed E-state index contributed by atoms with van der Waals surface area (Å²) >= 11 is 3.69. The van der Waals surface area contributed by atoms with Gasteiger partial charge in [0.05, 0.1) is 19.3 Å². The molecule has 0 radical (unpaired) electrons. The molecule has 0 bridgehead atoms. The lowest BCUT2D eigenvalue weighted by molar-refractivity contribution is 0.0600. The van der Waals surface area contributed by atoms with Crippen LogP contribution in [-0.4, -0.2) is 50.4 Å². The Balaban J connectivity index is 1.63. The number of fused-ring (bicyclic) bond motifs is 1. The van der Waals surface area contributed by atoms with E-state index in [0.717, 1.165) is 53.4 Å². The normalized spacial score (nSPS) is 18.7. The Kier molecular flexibility index (Phi) is 7.81. The smallest absolute Gasteiger partial charge is 0.337 e. The Morgan fingerprint density at radius 3 is 2.85 bits per heavy atom. The number of carbonyl (C=O) groups is 1. The van der Waals surface area contributed by atoms with Crippen LogP contribution in [0.1, 0.15) is 52.7 Å². The van der Waals surface area contributed by atoms with Gasteiger partial charge in [-0.3, -0.25) is 9.29 Å². The van der Waals surface area contributed by atoms with Gasteiger partial charge in [0.1, 0.15) is 6.10 Å². The van der Waals surface area contributed by atoms with Gasteiger partial charge in [0.2, 0.25) is 0 Å². The van der Waals surface area contributed by atoms with Crippen molar-refractivity contribution in [3.05, 3.63) is 69.0 Å². The number of halogens is 3. The molecule has 1 heterocycles. The molecule has 0 spiro atoms. The highest BCUT2D eigenvalue weighted by atomic mass is 79.9. The molecule has 0 saturated carbocycles. The minimum absolute atomic E-state index is 0.115. The number of rotatable bonds is 7. The van der Waals surface area contributed by atoms with Crippen LogP contribution in [0.5, 0.6) is 5.75 Å². The largest absolute Gasteiger partial charge is 0.486 e. The average molecular weight is 520 g/mol. The molecule has 1 fully saturated rings. The summed E-state index contributed by atoms with van der Waals surface area (Å²) in [5.74, 6) is -0.545. The standard InChI is InChI=1S/C26H28BrF2NO3/c1-32-26(31)18-9-10-20-17(15-18)5-2-7-22(27)24(20)21-6-3-8-23(25(21)29)33-19-11-14-30(16-19)13-4-12-28/h3,6,8-10,15,19H,2,4-5,7,11-14,16H2,1H3/t19-/m1/s1. The van der Waals surface area contributed by atoms with E-state index in [4.69, 9.17) is 9.47 Å². The number of aryl methyl sites for hydroxylation is 1. The minimum Gasteiger partial charge on any atom is -0.486 e. The molecule has 0 aromatic heterocycles. The van der Waals surface area contributed by atoms with Crippen molar-refractivity contribution in [2.75, 3.05) is 33.4 Å². The highest BCUT2D eigenvalue weighted by Gasteiger charge is 2.27. The molecule has 1 aliphatic heterocycles. The fraction of sp³-hybridized carbons (Fsp3) is 0.423. The summed E-state index contributed by atoms with van der Waals surface area (Å²) in [7, 11) is 1.36. The molecule has 33 heavy (non-hydrogen) atoms. The van der Waals surface area contributed by atoms with Crippen molar-refractivity contribution in [3.63, 3.8) is 0 Å². The van der Waals surface area contributed by atoms with Crippen LogP contribution in [0.3, 0.4) is 0 Å². The van der Waals surface area contributed by atoms with Gasteiger partial charge in [-0.15, -0.1) is 0 Å². The zero-order chi connectivity index (χ0) is 23.4. The van der Waals surface area contributed by atoms with Crippen LogP contribution < -0.4 is 4.74 Å². The molecule has 0 amide bonds. The predicted octanol–water partition coefficient (Wildman–Crippen LogP) is 5.92. The first kappa shape index (κ1) is 23.9. The lowest BCUT2D eigenvalue weighted by Gasteiger charge is -2.19. The number of esters is 1. The van der Waals surface area contributed by atoms with Crippen molar-refractivity contribution >= 4 is 27.5 Å². The van der Waals surface area contributed by atoms with Crippen molar-refractivity contribution in [3.8, 4) is 5.75 Å². The van der Waals surface area contributed by atoms with Crippen LogP contribution in [0.25, 0.3) is 5.57 Å². The Labute approximate surface area is 201 Å². The molecule has 4 rings (SSSR count). The third-order valence-corrected chi connectivity index (χ3v) is 7.07. The highest BCUT2D eigenvalue weighted by Crippen LogP contribution is 2.40. The van der Waals surface area contributed by atoms with E-state index in [1.165, 1.54) is 7.11 Å². The van der Waals surface area contributed by atoms with Gasteiger partial charge in [-0.25, -0.2) is 9.18 Å². The first-order valence-corrected chi connectivity index (χ1v) is 12.1. The van der Waals surface area contributed by atoms with E-state index >= 15 is 4.39 Å². The molecule has 1 atom stereocenters. The summed E-state index contributed by atoms with van der Waals surface area (Å²) in [6, 6.07) is 10.7. The summed E-state index contributed by atoms with van der Waals surface area (Å²) in [5.41, 5.74) is 3.65. The monoisotopic (exact) mass is 519 g/mol. The number of carbonyl (C=O) groups excluding carboxylic acids is 1. The first-order valence-electron chi connectivity index (χ1n) is 11.4. The van der Waals surface area contributed by atoms with Gasteiger partial charge >= 0.3 is 5.97 Å². The Bertz CT molecular complexity index is 1060. The zero-order valence-corrected chi connectivity index (χ0v) is 20.3. The summed E-state index contributed by atoms with van der Waals surface area (Å²) in [4.78, 5) is 14.2. The highest BCUT2D eigenvalue weighted by molar-refractivity contribution is 9.11. The number of alkyl halides is 1. The molecule has 176 valence electrons. The second-order valence-electron chi connectivity index (χ2n) is 8.49. The number of likely N-dealkylation sites (tertiary alicyclic amines) is 1. The molecule has 2 aliphatic rings. The van der Waals surface area contributed by atoms with Gasteiger partial charge in [-0.1, -0.05) is 34.1 Å². The maximum absolute atomic E-state index is 15.8. The molecule has 4 nitrogen and oxygen atoms in total. The summed E-state index contributed by atoms with van der Waals surface area (Å²) < 4.78 is 40.1. The number of allylic oxidation sites excluding steroid dienone is 1. The average Bonchev–Trinajstić information content (AvgIpc) is 3.20. The predicted molar refractivity (Wildman–Crippen MR) is 128 cm³/mol. The van der Waals surface area contributed by atoms with Gasteiger partial charge < -0.3 is 9.47 Å². The quantitative estimate of drug-likeness (QED) is 0.426. The molecule has 1 saturated heterocycles. The molecule has 0 N–H and O–H groups in total. The van der Waals surface area contributed by atoms with Crippen LogP contribution in [0.4, 0.5) is 8.78 Å². The van der Waals surface area contributed by atoms with Crippen LogP contribution >= 0.6 is 15.9 Å². The van der Waals surface area contributed by atoms with Crippen LogP contribution in [-0.2, 0) is 11.2 Å². The fourth-order valence-electron chi connectivity index (χ4n) is 4.64. The third kappa shape index (κ3) is 5.30. The topological polar surface area (TPSA) is 38.8 Å². The van der Waals surface area contributed by atoms with Crippen molar-refractivity contribution in [1.29, 1.82) is 0 Å². The fourth-order valence-corrected chi connectivity index (χ4v) is 5.35. The Morgan fingerprint density at radius 1 is 1.21 bits per heavy atom. The number of ether oxygens (including phenoxy) is 2. The van der Waals surface area contributed by atoms with E-state index in [0.29, 0.717) is 30.6 Å². The minimum atomic E-state index is -0.392. The van der Waals surface area contributed by atoms with Gasteiger partial charge in [-0.2, -0.15) is 0 Å². The number of benzene rings is 2. The number of nitrogens with zero attached hydrogens (tertiary/aromatic N) is 1. The lowest BCUT2D eigenvalue weighted by atomic mass is 9.92. The SMILES string of the molecule is COC(=O)c1ccc2c(c1)CCCC(Br)=C2c1cccc(O[C@@H]2CCN(CCCF)C2)c1F. The molecule has 2 aromatic rings. The molecule has 0 unspecified atom stereocenters. The molecule has 1 aliphatic carbocycles. The van der Waals surface area contributed by atoms with E-state index in [-0.39, 0.29) is 24.5 Å². The Morgan fingerprint density at radius 2 is 2.06 bits per heavy atom. The van der Waals surface area contributed by atoms with E-state index in [1.54, 1.807) is 18.2 Å². The zero-order valence-electron chi connectivity index (χ0n) is 18.7. The maximum atomic E-state index is 15.8. The van der Waals surface area contributed by atoms with Crippen LogP contribution in [0.15, 0.2) is 40.9 Å². The second-order valence-corrected chi connectivity index (χ2v) is 9.44. The van der Waals surface area contributed by atoms with E-state index in [2.05, 4.69) is 20.8 Å². The Hall–Kier alpha value is -2.25. The van der Waals surface area contributed by atoms with Gasteiger partial charge in [-0.05, 0) is 61.4 Å². The molecular weight excluding hydrogens is 492 g/mol. The molecule has 7 heteroatoms. The van der Waals surface area contributed by atoms with Crippen LogP contribution in [0.2, 0.25) is 0 Å². The maximum Gasteiger partial charge on any atom is 0.337 e. The van der Waals surface area contributed by atoms with E-state index in [9.17, 15) is 9.18 Å². The third-order valence-electron chi connectivity index (χ3n) is 6.27. The van der Waals surface area contributed by atoms with Gasteiger partial charge in [0, 0.05) is 35.3 Å². The number of methoxy groups -OCH3 is 1. The number of hydrogen-bond acceptors (Lipinski definition) is 4. The van der Waals surface area contributed by atoms with E-state index < -0.39 is 5.82 Å². The van der Waals surface area contributed by atoms with Crippen molar-refractivity contribution < 1.29 is 23.0 Å².